The summed E-state index contributed by atoms with van der Waals surface area (Å²) in [5.74, 6) is 0.869. The molecule has 0 aromatic heterocycles. The summed E-state index contributed by atoms with van der Waals surface area (Å²) in [6.45, 7) is 19.2. The summed E-state index contributed by atoms with van der Waals surface area (Å²) in [6, 6.07) is 0. The molecule has 0 bridgehead atoms. The molecule has 0 aliphatic rings. The van der Waals surface area contributed by atoms with Crippen molar-refractivity contribution < 1.29 is 21.5 Å². The fraction of sp³-hybridized carbons (Fsp3) is 0.882. The molecule has 0 aliphatic carbocycles. The van der Waals surface area contributed by atoms with Crippen molar-refractivity contribution in [3.8, 4) is 0 Å². The fourth-order valence-corrected chi connectivity index (χ4v) is 2.74. The summed E-state index contributed by atoms with van der Waals surface area (Å²) in [6.07, 6.45) is 7.69. The Kier molecular flexibility index (Phi) is 13.5. The van der Waals surface area contributed by atoms with Gasteiger partial charge in [-0.1, -0.05) is 25.5 Å². The Bertz CT molecular complexity index is 227. The Morgan fingerprint density at radius 1 is 1.00 bits per heavy atom. The molecule has 0 fully saturated rings. The first-order valence-corrected chi connectivity index (χ1v) is 7.98. The summed E-state index contributed by atoms with van der Waals surface area (Å²) in [4.78, 5) is 0. The van der Waals surface area contributed by atoms with Crippen LogP contribution in [-0.4, -0.2) is 30.7 Å². The van der Waals surface area contributed by atoms with Gasteiger partial charge in [0.1, 0.15) is 0 Å². The number of rotatable bonds is 10. The first-order chi connectivity index (χ1) is 8.49. The Hall–Kier alpha value is 0.180. The topological polar surface area (TPSA) is 0 Å². The third-order valence-electron chi connectivity index (χ3n) is 4.35. The van der Waals surface area contributed by atoms with Crippen LogP contribution >= 0.6 is 0 Å². The lowest BCUT2D eigenvalue weighted by Gasteiger charge is -2.37. The van der Waals surface area contributed by atoms with Crippen molar-refractivity contribution in [1.82, 2.24) is 0 Å². The van der Waals surface area contributed by atoms with Gasteiger partial charge >= 0.3 is 0 Å². The first-order valence-electron chi connectivity index (χ1n) is 7.98. The predicted octanol–water partition coefficient (Wildman–Crippen LogP) is 2.03. The van der Waals surface area contributed by atoms with E-state index in [4.69, 9.17) is 0 Å². The van der Waals surface area contributed by atoms with E-state index >= 15 is 0 Å². The van der Waals surface area contributed by atoms with Crippen molar-refractivity contribution in [2.75, 3.05) is 26.2 Å². The van der Waals surface area contributed by atoms with Crippen LogP contribution in [0, 0.1) is 5.92 Å². The highest BCUT2D eigenvalue weighted by molar-refractivity contribution is 4.92. The zero-order chi connectivity index (χ0) is 14.0. The Balaban J connectivity index is 0. The molecule has 2 heteroatoms. The number of nitrogens with zero attached hydrogens (tertiary/aromatic N) is 1. The van der Waals surface area contributed by atoms with Gasteiger partial charge in [-0.2, -0.15) is 0 Å². The maximum absolute atomic E-state index is 2.42. The lowest BCUT2D eigenvalue weighted by Crippen LogP contribution is -3.00. The minimum absolute atomic E-state index is 0. The molecule has 1 atom stereocenters. The van der Waals surface area contributed by atoms with E-state index in [1.54, 1.807) is 0 Å². The molecule has 19 heavy (non-hydrogen) atoms. The van der Waals surface area contributed by atoms with Gasteiger partial charge in [-0.25, -0.2) is 0 Å². The van der Waals surface area contributed by atoms with Gasteiger partial charge in [-0.3, -0.25) is 0 Å². The van der Waals surface area contributed by atoms with E-state index in [0.717, 1.165) is 5.92 Å². The fourth-order valence-electron chi connectivity index (χ4n) is 2.74. The predicted molar refractivity (Wildman–Crippen MR) is 83.8 cm³/mol. The van der Waals surface area contributed by atoms with E-state index in [1.807, 2.05) is 0 Å². The molecule has 0 heterocycles. The molecule has 116 valence electrons. The van der Waals surface area contributed by atoms with Gasteiger partial charge in [0.05, 0.1) is 26.2 Å². The smallest absolute Gasteiger partial charge is 0.0789 e. The van der Waals surface area contributed by atoms with Crippen molar-refractivity contribution >= 4 is 0 Å². The van der Waals surface area contributed by atoms with E-state index in [2.05, 4.69) is 47.6 Å². The molecule has 1 nitrogen and oxygen atoms in total. The largest absolute Gasteiger partial charge is 1.00 e. The molecule has 0 saturated carbocycles. The van der Waals surface area contributed by atoms with Crippen LogP contribution in [-0.2, 0) is 0 Å². The number of quaternary nitrogens is 1. The van der Waals surface area contributed by atoms with Crippen molar-refractivity contribution in [2.24, 2.45) is 5.92 Å². The Morgan fingerprint density at radius 2 is 1.58 bits per heavy atom. The molecule has 0 amide bonds. The van der Waals surface area contributed by atoms with Gasteiger partial charge in [0, 0.05) is 0 Å². The number of hydrogen-bond acceptors (Lipinski definition) is 0. The van der Waals surface area contributed by atoms with Crippen LogP contribution in [0.25, 0.3) is 0 Å². The van der Waals surface area contributed by atoms with Gasteiger partial charge in [0.15, 0.2) is 0 Å². The molecule has 0 radical (unpaired) electrons. The quantitative estimate of drug-likeness (QED) is 0.424. The second-order valence-corrected chi connectivity index (χ2v) is 6.17. The molecule has 0 unspecified atom stereocenters. The zero-order valence-electron chi connectivity index (χ0n) is 14.1. The molecule has 0 spiro atoms. The normalized spacial score (nSPS) is 12.7. The number of halogens is 1. The van der Waals surface area contributed by atoms with Crippen LogP contribution in [0.15, 0.2) is 11.6 Å². The molecule has 0 aromatic carbocycles. The summed E-state index contributed by atoms with van der Waals surface area (Å²) >= 11 is 0. The maximum atomic E-state index is 2.42. The molecule has 0 aliphatic heterocycles. The summed E-state index contributed by atoms with van der Waals surface area (Å²) < 4.78 is 1.32. The number of allylic oxidation sites excluding steroid dienone is 2. The third kappa shape index (κ3) is 9.67. The zero-order valence-corrected chi connectivity index (χ0v) is 15.7. The van der Waals surface area contributed by atoms with Crippen LogP contribution in [0.2, 0.25) is 0 Å². The lowest BCUT2D eigenvalue weighted by atomic mass is 10.00. The van der Waals surface area contributed by atoms with Crippen LogP contribution in [0.4, 0.5) is 0 Å². The van der Waals surface area contributed by atoms with Crippen molar-refractivity contribution in [2.45, 2.75) is 67.2 Å². The van der Waals surface area contributed by atoms with Gasteiger partial charge < -0.3 is 21.5 Å². The highest BCUT2D eigenvalue weighted by atomic mass is 79.9. The summed E-state index contributed by atoms with van der Waals surface area (Å²) in [5.41, 5.74) is 1.46. The molecule has 0 aromatic rings. The Morgan fingerprint density at radius 3 is 2.00 bits per heavy atom. The van der Waals surface area contributed by atoms with Crippen LogP contribution in [0.3, 0.4) is 0 Å². The summed E-state index contributed by atoms with van der Waals surface area (Å²) in [5, 5.41) is 0. The van der Waals surface area contributed by atoms with E-state index in [0.29, 0.717) is 0 Å². The van der Waals surface area contributed by atoms with Gasteiger partial charge in [0.2, 0.25) is 0 Å². The van der Waals surface area contributed by atoms with E-state index in [-0.39, 0.29) is 17.0 Å². The highest BCUT2D eigenvalue weighted by Gasteiger charge is 2.22. The minimum Gasteiger partial charge on any atom is -1.00 e. The summed E-state index contributed by atoms with van der Waals surface area (Å²) in [7, 11) is 0. The van der Waals surface area contributed by atoms with Crippen LogP contribution in [0.5, 0.6) is 0 Å². The van der Waals surface area contributed by atoms with E-state index in [1.165, 1.54) is 61.9 Å². The average molecular weight is 334 g/mol. The van der Waals surface area contributed by atoms with Gasteiger partial charge in [0.25, 0.3) is 0 Å². The third-order valence-corrected chi connectivity index (χ3v) is 4.35. The minimum atomic E-state index is 0. The molecular formula is C17H36BrN. The SMILES string of the molecule is CCC[N+](CC)(CC)CC[C@H](C)CCC=C(C)C.[Br-]. The second kappa shape index (κ2) is 12.0. The first kappa shape index (κ1) is 21.5. The maximum Gasteiger partial charge on any atom is 0.0789 e. The molecule has 0 N–H and O–H groups in total. The van der Waals surface area contributed by atoms with Crippen LogP contribution in [0.1, 0.15) is 67.2 Å². The van der Waals surface area contributed by atoms with Crippen molar-refractivity contribution in [1.29, 1.82) is 0 Å². The van der Waals surface area contributed by atoms with E-state index in [9.17, 15) is 0 Å². The van der Waals surface area contributed by atoms with Gasteiger partial charge in [-0.05, 0) is 59.3 Å². The van der Waals surface area contributed by atoms with E-state index < -0.39 is 0 Å². The molecular weight excluding hydrogens is 298 g/mol. The number of hydrogen-bond donors (Lipinski definition) is 0. The highest BCUT2D eigenvalue weighted by Crippen LogP contribution is 2.17. The van der Waals surface area contributed by atoms with Crippen LogP contribution < -0.4 is 17.0 Å². The second-order valence-electron chi connectivity index (χ2n) is 6.17. The molecule has 0 rings (SSSR count). The Labute approximate surface area is 132 Å². The van der Waals surface area contributed by atoms with Gasteiger partial charge in [-0.15, -0.1) is 0 Å². The standard InChI is InChI=1S/C17H36N.BrH/c1-7-14-18(8-2,9-3)15-13-17(6)12-10-11-16(4)5;/h11,17H,7-10,12-15H2,1-6H3;1H/q+1;/p-1/t17-;/m1./s1. The molecule has 0 saturated heterocycles. The lowest BCUT2D eigenvalue weighted by molar-refractivity contribution is -0.925. The monoisotopic (exact) mass is 333 g/mol. The average Bonchev–Trinajstić information content (AvgIpc) is 2.34. The van der Waals surface area contributed by atoms with Crippen molar-refractivity contribution in [3.05, 3.63) is 11.6 Å². The van der Waals surface area contributed by atoms with Crippen molar-refractivity contribution in [3.63, 3.8) is 0 Å².